The topological polar surface area (TPSA) is 59.8 Å². The highest BCUT2D eigenvalue weighted by molar-refractivity contribution is 9.10. The molecule has 1 amide bonds. The van der Waals surface area contributed by atoms with Gasteiger partial charge in [-0.05, 0) is 47.3 Å². The maximum Gasteiger partial charge on any atom is 0.436 e. The summed E-state index contributed by atoms with van der Waals surface area (Å²) in [5.74, 6) is -0.176. The second-order valence-electron chi connectivity index (χ2n) is 5.47. The van der Waals surface area contributed by atoms with Gasteiger partial charge in [0, 0.05) is 12.4 Å². The summed E-state index contributed by atoms with van der Waals surface area (Å²) in [5.41, 5.74) is -2.20. The lowest BCUT2D eigenvalue weighted by Gasteiger charge is -2.40. The summed E-state index contributed by atoms with van der Waals surface area (Å²) < 4.78 is 39.7. The standard InChI is InChI=1S/C14H11BrClF3N4O/c15-9-7-23(22-11(9)14(17,18)19)13(4-1-5-13)12(24)21-10-3-2-8(16)6-20-10/h2-3,6-7H,1,4-5H2,(H,20,21,24). The molecule has 1 saturated carbocycles. The first kappa shape index (κ1) is 17.2. The third-order valence-electron chi connectivity index (χ3n) is 3.95. The lowest BCUT2D eigenvalue weighted by atomic mass is 9.76. The maximum atomic E-state index is 12.9. The zero-order valence-electron chi connectivity index (χ0n) is 12.1. The van der Waals surface area contributed by atoms with Crippen molar-refractivity contribution in [2.24, 2.45) is 0 Å². The summed E-state index contributed by atoms with van der Waals surface area (Å²) in [5, 5.41) is 6.62. The molecule has 2 aromatic heterocycles. The van der Waals surface area contributed by atoms with Crippen molar-refractivity contribution in [3.8, 4) is 0 Å². The van der Waals surface area contributed by atoms with Crippen LogP contribution in [0.5, 0.6) is 0 Å². The van der Waals surface area contributed by atoms with E-state index < -0.39 is 23.3 Å². The Morgan fingerprint density at radius 2 is 2.08 bits per heavy atom. The predicted molar refractivity (Wildman–Crippen MR) is 84.6 cm³/mol. The quantitative estimate of drug-likeness (QED) is 0.804. The monoisotopic (exact) mass is 422 g/mol. The third kappa shape index (κ3) is 3.02. The van der Waals surface area contributed by atoms with Crippen LogP contribution in [0.3, 0.4) is 0 Å². The van der Waals surface area contributed by atoms with Crippen molar-refractivity contribution in [1.29, 1.82) is 0 Å². The van der Waals surface area contributed by atoms with Crippen molar-refractivity contribution in [3.05, 3.63) is 39.7 Å². The number of rotatable bonds is 3. The van der Waals surface area contributed by atoms with Crippen LogP contribution in [0.4, 0.5) is 19.0 Å². The molecule has 1 aliphatic carbocycles. The molecular weight excluding hydrogens is 413 g/mol. The molecule has 10 heteroatoms. The number of halogens is 5. The van der Waals surface area contributed by atoms with E-state index in [2.05, 4.69) is 31.3 Å². The Balaban J connectivity index is 1.89. The third-order valence-corrected chi connectivity index (χ3v) is 4.75. The van der Waals surface area contributed by atoms with Crippen molar-refractivity contribution in [2.75, 3.05) is 5.32 Å². The number of nitrogens with one attached hydrogen (secondary N) is 1. The van der Waals surface area contributed by atoms with E-state index in [0.717, 1.165) is 11.1 Å². The molecule has 0 bridgehead atoms. The highest BCUT2D eigenvalue weighted by Gasteiger charge is 2.49. The van der Waals surface area contributed by atoms with Crippen molar-refractivity contribution in [1.82, 2.24) is 14.8 Å². The molecule has 3 rings (SSSR count). The average molecular weight is 424 g/mol. The molecule has 24 heavy (non-hydrogen) atoms. The molecule has 0 atom stereocenters. The summed E-state index contributed by atoms with van der Waals surface area (Å²) in [6.07, 6.45) is -0.507. The van der Waals surface area contributed by atoms with Crippen LogP contribution in [0.25, 0.3) is 0 Å². The number of hydrogen-bond donors (Lipinski definition) is 1. The van der Waals surface area contributed by atoms with Crippen LogP contribution in [0.2, 0.25) is 5.02 Å². The lowest BCUT2D eigenvalue weighted by molar-refractivity contribution is -0.143. The predicted octanol–water partition coefficient (Wildman–Crippen LogP) is 4.23. The number of amides is 1. The van der Waals surface area contributed by atoms with E-state index in [9.17, 15) is 18.0 Å². The van der Waals surface area contributed by atoms with Gasteiger partial charge in [-0.25, -0.2) is 4.98 Å². The van der Waals surface area contributed by atoms with Gasteiger partial charge >= 0.3 is 6.18 Å². The largest absolute Gasteiger partial charge is 0.436 e. The van der Waals surface area contributed by atoms with E-state index in [1.165, 1.54) is 18.5 Å². The van der Waals surface area contributed by atoms with E-state index >= 15 is 0 Å². The van der Waals surface area contributed by atoms with Crippen LogP contribution < -0.4 is 5.32 Å². The molecule has 0 aromatic carbocycles. The molecule has 2 aromatic rings. The Morgan fingerprint density at radius 1 is 1.38 bits per heavy atom. The number of aromatic nitrogens is 3. The number of carbonyl (C=O) groups is 1. The lowest BCUT2D eigenvalue weighted by Crippen LogP contribution is -2.51. The summed E-state index contributed by atoms with van der Waals surface area (Å²) >= 11 is 8.59. The highest BCUT2D eigenvalue weighted by Crippen LogP contribution is 2.42. The van der Waals surface area contributed by atoms with Crippen molar-refractivity contribution < 1.29 is 18.0 Å². The molecule has 0 radical (unpaired) electrons. The van der Waals surface area contributed by atoms with E-state index in [1.807, 2.05) is 0 Å². The summed E-state index contributed by atoms with van der Waals surface area (Å²) in [6.45, 7) is 0. The minimum Gasteiger partial charge on any atom is -0.309 e. The molecule has 0 spiro atoms. The van der Waals surface area contributed by atoms with Crippen molar-refractivity contribution in [2.45, 2.75) is 31.0 Å². The van der Waals surface area contributed by atoms with Crippen LogP contribution in [-0.2, 0) is 16.5 Å². The number of hydrogen-bond acceptors (Lipinski definition) is 3. The Morgan fingerprint density at radius 3 is 2.54 bits per heavy atom. The van der Waals surface area contributed by atoms with E-state index in [0.29, 0.717) is 17.9 Å². The minimum absolute atomic E-state index is 0.196. The van der Waals surface area contributed by atoms with E-state index in [1.54, 1.807) is 6.07 Å². The molecular formula is C14H11BrClF3N4O. The van der Waals surface area contributed by atoms with Gasteiger partial charge in [0.05, 0.1) is 9.50 Å². The Hall–Kier alpha value is -1.61. The van der Waals surface area contributed by atoms with Gasteiger partial charge in [-0.3, -0.25) is 9.48 Å². The zero-order valence-corrected chi connectivity index (χ0v) is 14.4. The first-order chi connectivity index (χ1) is 11.2. The second-order valence-corrected chi connectivity index (χ2v) is 6.76. The maximum absolute atomic E-state index is 12.9. The SMILES string of the molecule is O=C(Nc1ccc(Cl)cn1)C1(n2cc(Br)c(C(F)(F)F)n2)CCC1. The fourth-order valence-corrected chi connectivity index (χ4v) is 3.13. The van der Waals surface area contributed by atoms with Crippen LogP contribution in [0, 0.1) is 0 Å². The summed E-state index contributed by atoms with van der Waals surface area (Å²) in [7, 11) is 0. The molecule has 0 saturated heterocycles. The van der Waals surface area contributed by atoms with Crippen LogP contribution in [-0.4, -0.2) is 20.7 Å². The highest BCUT2D eigenvalue weighted by atomic mass is 79.9. The number of pyridine rings is 1. The zero-order chi connectivity index (χ0) is 17.5. The van der Waals surface area contributed by atoms with Gasteiger partial charge in [0.25, 0.3) is 5.91 Å². The van der Waals surface area contributed by atoms with Gasteiger partial charge < -0.3 is 5.32 Å². The van der Waals surface area contributed by atoms with Crippen LogP contribution >= 0.6 is 27.5 Å². The van der Waals surface area contributed by atoms with Gasteiger partial charge in [0.1, 0.15) is 11.4 Å². The molecule has 0 unspecified atom stereocenters. The normalized spacial score (nSPS) is 16.5. The van der Waals surface area contributed by atoms with E-state index in [-0.39, 0.29) is 10.3 Å². The molecule has 0 aliphatic heterocycles. The van der Waals surface area contributed by atoms with Gasteiger partial charge in [0.15, 0.2) is 5.69 Å². The van der Waals surface area contributed by atoms with Crippen molar-refractivity contribution >= 4 is 39.3 Å². The molecule has 2 heterocycles. The van der Waals surface area contributed by atoms with Gasteiger partial charge in [-0.15, -0.1) is 0 Å². The summed E-state index contributed by atoms with van der Waals surface area (Å²) in [4.78, 5) is 16.6. The number of nitrogens with zero attached hydrogens (tertiary/aromatic N) is 3. The molecule has 1 aliphatic rings. The molecule has 1 fully saturated rings. The van der Waals surface area contributed by atoms with Crippen molar-refractivity contribution in [3.63, 3.8) is 0 Å². The second kappa shape index (κ2) is 6.03. The first-order valence-electron chi connectivity index (χ1n) is 6.98. The average Bonchev–Trinajstić information content (AvgIpc) is 2.82. The fraction of sp³-hybridized carbons (Fsp3) is 0.357. The molecule has 5 nitrogen and oxygen atoms in total. The Bertz CT molecular complexity index is 771. The van der Waals surface area contributed by atoms with Crippen LogP contribution in [0.1, 0.15) is 25.0 Å². The van der Waals surface area contributed by atoms with E-state index in [4.69, 9.17) is 11.6 Å². The van der Waals surface area contributed by atoms with Crippen LogP contribution in [0.15, 0.2) is 29.0 Å². The minimum atomic E-state index is -4.59. The van der Waals surface area contributed by atoms with Gasteiger partial charge in [0.2, 0.25) is 0 Å². The number of alkyl halides is 3. The summed E-state index contributed by atoms with van der Waals surface area (Å²) in [6, 6.07) is 3.08. The number of anilines is 1. The van der Waals surface area contributed by atoms with Gasteiger partial charge in [-0.1, -0.05) is 11.6 Å². The molecule has 128 valence electrons. The number of carbonyl (C=O) groups excluding carboxylic acids is 1. The Kier molecular flexibility index (Phi) is 4.33. The molecule has 1 N–H and O–H groups in total. The smallest absolute Gasteiger partial charge is 0.309 e. The Labute approximate surface area is 148 Å². The van der Waals surface area contributed by atoms with Gasteiger partial charge in [-0.2, -0.15) is 18.3 Å². The fourth-order valence-electron chi connectivity index (χ4n) is 2.52. The first-order valence-corrected chi connectivity index (χ1v) is 8.15.